The quantitative estimate of drug-likeness (QED) is 0.443. The maximum atomic E-state index is 4.52. The van der Waals surface area contributed by atoms with Crippen molar-refractivity contribution in [1.82, 2.24) is 19.9 Å². The Morgan fingerprint density at radius 3 is 1.00 bits per heavy atom. The van der Waals surface area contributed by atoms with Gasteiger partial charge in [0.2, 0.25) is 0 Å². The molecule has 4 aromatic rings. The summed E-state index contributed by atoms with van der Waals surface area (Å²) in [6.45, 7) is 1.54. The van der Waals surface area contributed by atoms with Crippen molar-refractivity contribution < 1.29 is 0 Å². The van der Waals surface area contributed by atoms with Gasteiger partial charge in [0.05, 0.1) is 0 Å². The smallest absolute Gasteiger partial charge is 0.134 e. The first-order chi connectivity index (χ1) is 14.4. The summed E-state index contributed by atoms with van der Waals surface area (Å²) >= 11 is 0. The molecule has 6 nitrogen and oxygen atoms in total. The molecule has 0 aliphatic rings. The van der Waals surface area contributed by atoms with Gasteiger partial charge in [0.25, 0.3) is 0 Å². The maximum absolute atomic E-state index is 4.52. The van der Waals surface area contributed by atoms with Gasteiger partial charge in [-0.2, -0.15) is 0 Å². The van der Waals surface area contributed by atoms with Gasteiger partial charge in [-0.1, -0.05) is 24.3 Å². The lowest BCUT2D eigenvalue weighted by atomic mass is 10.3. The molecule has 0 saturated carbocycles. The Labute approximate surface area is 170 Å². The Hall–Kier alpha value is -3.80. The lowest BCUT2D eigenvalue weighted by Gasteiger charge is -2.26. The third-order valence-electron chi connectivity index (χ3n) is 4.47. The number of rotatable bonds is 8. The second-order valence-electron chi connectivity index (χ2n) is 6.41. The van der Waals surface area contributed by atoms with Crippen molar-refractivity contribution in [1.29, 1.82) is 0 Å². The average Bonchev–Trinajstić information content (AvgIpc) is 2.81. The lowest BCUT2D eigenvalue weighted by molar-refractivity contribution is 0.774. The van der Waals surface area contributed by atoms with Crippen molar-refractivity contribution in [2.24, 2.45) is 0 Å². The van der Waals surface area contributed by atoms with Gasteiger partial charge in [0.15, 0.2) is 0 Å². The third kappa shape index (κ3) is 4.73. The molecule has 4 rings (SSSR count). The highest BCUT2D eigenvalue weighted by molar-refractivity contribution is 5.57. The van der Waals surface area contributed by atoms with E-state index in [-0.39, 0.29) is 0 Å². The van der Waals surface area contributed by atoms with Crippen molar-refractivity contribution >= 4 is 23.3 Å². The number of pyridine rings is 4. The van der Waals surface area contributed by atoms with Crippen molar-refractivity contribution in [3.8, 4) is 0 Å². The molecular weight excluding hydrogens is 360 g/mol. The highest BCUT2D eigenvalue weighted by Gasteiger charge is 2.15. The number of aromatic nitrogens is 4. The molecule has 0 aromatic carbocycles. The molecule has 0 fully saturated rings. The van der Waals surface area contributed by atoms with Crippen LogP contribution in [0.3, 0.4) is 0 Å². The van der Waals surface area contributed by atoms with Crippen LogP contribution in [0.15, 0.2) is 97.6 Å². The zero-order valence-corrected chi connectivity index (χ0v) is 16.0. The summed E-state index contributed by atoms with van der Waals surface area (Å²) in [5, 5.41) is 0. The van der Waals surface area contributed by atoms with Gasteiger partial charge < -0.3 is 9.80 Å². The molecule has 0 N–H and O–H groups in total. The van der Waals surface area contributed by atoms with Crippen molar-refractivity contribution in [3.63, 3.8) is 0 Å². The van der Waals surface area contributed by atoms with Crippen molar-refractivity contribution in [2.75, 3.05) is 22.9 Å². The normalized spacial score (nSPS) is 10.5. The van der Waals surface area contributed by atoms with Crippen LogP contribution >= 0.6 is 0 Å². The van der Waals surface area contributed by atoms with Gasteiger partial charge in [-0.05, 0) is 55.0 Å². The molecule has 0 radical (unpaired) electrons. The van der Waals surface area contributed by atoms with Gasteiger partial charge in [-0.3, -0.25) is 0 Å². The minimum absolute atomic E-state index is 0.768. The Balaban J connectivity index is 1.53. The molecule has 0 atom stereocenters. The van der Waals surface area contributed by atoms with Crippen LogP contribution in [0.1, 0.15) is 6.42 Å². The van der Waals surface area contributed by atoms with Gasteiger partial charge in [0, 0.05) is 37.9 Å². The molecule has 0 unspecified atom stereocenters. The topological polar surface area (TPSA) is 58.0 Å². The molecule has 29 heavy (non-hydrogen) atoms. The van der Waals surface area contributed by atoms with Crippen LogP contribution in [0.5, 0.6) is 0 Å². The van der Waals surface area contributed by atoms with Crippen molar-refractivity contribution in [2.45, 2.75) is 6.42 Å². The first kappa shape index (κ1) is 18.6. The van der Waals surface area contributed by atoms with Crippen molar-refractivity contribution in [3.05, 3.63) is 97.6 Å². The zero-order chi connectivity index (χ0) is 19.7. The van der Waals surface area contributed by atoms with Crippen LogP contribution in [-0.2, 0) is 0 Å². The van der Waals surface area contributed by atoms with E-state index >= 15 is 0 Å². The van der Waals surface area contributed by atoms with E-state index in [2.05, 4.69) is 29.7 Å². The summed E-state index contributed by atoms with van der Waals surface area (Å²) < 4.78 is 0. The Morgan fingerprint density at radius 2 is 0.759 bits per heavy atom. The van der Waals surface area contributed by atoms with E-state index in [0.29, 0.717) is 0 Å². The van der Waals surface area contributed by atoms with Crippen LogP contribution < -0.4 is 9.80 Å². The van der Waals surface area contributed by atoms with E-state index in [9.17, 15) is 0 Å². The van der Waals surface area contributed by atoms with Crippen LogP contribution in [0, 0.1) is 0 Å². The monoisotopic (exact) mass is 382 g/mol. The molecule has 0 aliphatic heterocycles. The van der Waals surface area contributed by atoms with Crippen LogP contribution in [0.2, 0.25) is 0 Å². The van der Waals surface area contributed by atoms with E-state index < -0.39 is 0 Å². The predicted octanol–water partition coefficient (Wildman–Crippen LogP) is 4.63. The first-order valence-electron chi connectivity index (χ1n) is 9.61. The fourth-order valence-electron chi connectivity index (χ4n) is 3.13. The highest BCUT2D eigenvalue weighted by atomic mass is 15.3. The summed E-state index contributed by atoms with van der Waals surface area (Å²) in [6, 6.07) is 23.7. The van der Waals surface area contributed by atoms with Crippen LogP contribution in [0.4, 0.5) is 23.3 Å². The highest BCUT2D eigenvalue weighted by Crippen LogP contribution is 2.24. The second kappa shape index (κ2) is 9.41. The molecule has 0 saturated heterocycles. The lowest BCUT2D eigenvalue weighted by Crippen LogP contribution is -2.26. The summed E-state index contributed by atoms with van der Waals surface area (Å²) in [7, 11) is 0. The van der Waals surface area contributed by atoms with Gasteiger partial charge >= 0.3 is 0 Å². The fraction of sp³-hybridized carbons (Fsp3) is 0.130. The molecule has 0 aliphatic carbocycles. The maximum Gasteiger partial charge on any atom is 0.134 e. The molecular formula is C23H22N6. The molecule has 4 aromatic heterocycles. The summed E-state index contributed by atoms with van der Waals surface area (Å²) in [6.07, 6.45) is 8.09. The van der Waals surface area contributed by atoms with E-state index in [4.69, 9.17) is 0 Å². The molecule has 6 heteroatoms. The van der Waals surface area contributed by atoms with E-state index in [1.165, 1.54) is 0 Å². The van der Waals surface area contributed by atoms with Crippen LogP contribution in [-0.4, -0.2) is 33.0 Å². The summed E-state index contributed by atoms with van der Waals surface area (Å²) in [4.78, 5) is 22.3. The molecule has 4 heterocycles. The molecule has 0 bridgehead atoms. The summed E-state index contributed by atoms with van der Waals surface area (Å²) in [5.41, 5.74) is 0. The first-order valence-corrected chi connectivity index (χ1v) is 9.61. The van der Waals surface area contributed by atoms with E-state index in [1.54, 1.807) is 24.8 Å². The fourth-order valence-corrected chi connectivity index (χ4v) is 3.13. The standard InChI is InChI=1S/C23H22N6/c1-5-14-24-20(10-1)28(21-11-2-6-15-25-21)18-9-19-29(22-12-3-7-16-26-22)23-13-4-8-17-27-23/h1-8,10-17H,9,18-19H2. The van der Waals surface area contributed by atoms with E-state index in [0.717, 1.165) is 42.8 Å². The third-order valence-corrected chi connectivity index (χ3v) is 4.47. The number of hydrogen-bond acceptors (Lipinski definition) is 6. The Morgan fingerprint density at radius 1 is 0.448 bits per heavy atom. The SMILES string of the molecule is c1ccc(N(CCCN(c2ccccn2)c2ccccn2)c2ccccn2)nc1. The zero-order valence-electron chi connectivity index (χ0n) is 16.0. The predicted molar refractivity (Wildman–Crippen MR) is 116 cm³/mol. The average molecular weight is 382 g/mol. The largest absolute Gasteiger partial charge is 0.311 e. The molecule has 144 valence electrons. The number of nitrogens with zero attached hydrogens (tertiary/aromatic N) is 6. The number of hydrogen-bond donors (Lipinski definition) is 0. The molecule has 0 spiro atoms. The Bertz CT molecular complexity index is 819. The van der Waals surface area contributed by atoms with Crippen LogP contribution in [0.25, 0.3) is 0 Å². The van der Waals surface area contributed by atoms with Gasteiger partial charge in [-0.15, -0.1) is 0 Å². The van der Waals surface area contributed by atoms with Gasteiger partial charge in [0.1, 0.15) is 23.3 Å². The van der Waals surface area contributed by atoms with Gasteiger partial charge in [-0.25, -0.2) is 19.9 Å². The number of anilines is 4. The second-order valence-corrected chi connectivity index (χ2v) is 6.41. The minimum atomic E-state index is 0.768. The Kier molecular flexibility index (Phi) is 6.02. The van der Waals surface area contributed by atoms with E-state index in [1.807, 2.05) is 72.8 Å². The summed E-state index contributed by atoms with van der Waals surface area (Å²) in [5.74, 6) is 3.53. The minimum Gasteiger partial charge on any atom is -0.311 e. The molecule has 0 amide bonds.